The van der Waals surface area contributed by atoms with Crippen molar-refractivity contribution in [3.63, 3.8) is 0 Å². The maximum atomic E-state index is 12.3. The van der Waals surface area contributed by atoms with Crippen molar-refractivity contribution in [2.45, 2.75) is 39.3 Å². The first-order valence-electron chi connectivity index (χ1n) is 7.19. The van der Waals surface area contributed by atoms with Crippen LogP contribution in [0.1, 0.15) is 45.9 Å². The highest BCUT2D eigenvalue weighted by Gasteiger charge is 2.21. The summed E-state index contributed by atoms with van der Waals surface area (Å²) in [7, 11) is 0. The van der Waals surface area contributed by atoms with Crippen LogP contribution < -0.4 is 16.4 Å². The summed E-state index contributed by atoms with van der Waals surface area (Å²) in [5.74, 6) is -0.143. The third-order valence-electron chi connectivity index (χ3n) is 3.30. The Kier molecular flexibility index (Phi) is 5.73. The average Bonchev–Trinajstić information content (AvgIpc) is 3.06. The summed E-state index contributed by atoms with van der Waals surface area (Å²) in [5, 5.41) is 8.46. The van der Waals surface area contributed by atoms with Gasteiger partial charge in [-0.3, -0.25) is 4.79 Å². The fraction of sp³-hybridized carbons (Fsp3) is 0.400. The minimum Gasteiger partial charge on any atom is -0.352 e. The standard InChI is InChI=1S/C15H20N4O2S2/c1-8-14(23-10(3)17-8)9(2)18-13(20)7-11(19-15(16)21)12-5-4-6-22-12/h4-6,9,11H,7H2,1-3H3,(H,18,20)(H3,16,19,21)/t9-,11+/m1/s1. The quantitative estimate of drug-likeness (QED) is 0.745. The Labute approximate surface area is 143 Å². The van der Waals surface area contributed by atoms with Crippen molar-refractivity contribution >= 4 is 34.6 Å². The van der Waals surface area contributed by atoms with Crippen LogP contribution >= 0.6 is 22.7 Å². The van der Waals surface area contributed by atoms with E-state index in [1.54, 1.807) is 11.3 Å². The number of thiazole rings is 1. The summed E-state index contributed by atoms with van der Waals surface area (Å²) >= 11 is 3.06. The number of aromatic nitrogens is 1. The molecule has 4 N–H and O–H groups in total. The molecule has 124 valence electrons. The smallest absolute Gasteiger partial charge is 0.312 e. The van der Waals surface area contributed by atoms with Crippen LogP contribution in [0.2, 0.25) is 0 Å². The van der Waals surface area contributed by atoms with E-state index in [0.717, 1.165) is 20.5 Å². The number of urea groups is 1. The van der Waals surface area contributed by atoms with Crippen LogP contribution in [0.4, 0.5) is 4.79 Å². The molecule has 0 aliphatic rings. The van der Waals surface area contributed by atoms with Crippen LogP contribution in [0, 0.1) is 13.8 Å². The highest BCUT2D eigenvalue weighted by atomic mass is 32.1. The number of nitrogens with zero attached hydrogens (tertiary/aromatic N) is 1. The lowest BCUT2D eigenvalue weighted by Crippen LogP contribution is -2.36. The van der Waals surface area contributed by atoms with E-state index in [2.05, 4.69) is 15.6 Å². The molecule has 0 fully saturated rings. The lowest BCUT2D eigenvalue weighted by atomic mass is 10.1. The molecule has 0 saturated heterocycles. The molecule has 0 spiro atoms. The first-order chi connectivity index (χ1) is 10.9. The van der Waals surface area contributed by atoms with Gasteiger partial charge in [-0.15, -0.1) is 22.7 Å². The lowest BCUT2D eigenvalue weighted by Gasteiger charge is -2.18. The van der Waals surface area contributed by atoms with Gasteiger partial charge in [0.25, 0.3) is 0 Å². The van der Waals surface area contributed by atoms with E-state index in [-0.39, 0.29) is 18.4 Å². The third-order valence-corrected chi connectivity index (χ3v) is 5.54. The van der Waals surface area contributed by atoms with E-state index in [4.69, 9.17) is 5.73 Å². The Morgan fingerprint density at radius 2 is 2.09 bits per heavy atom. The van der Waals surface area contributed by atoms with E-state index >= 15 is 0 Å². The number of hydrogen-bond acceptors (Lipinski definition) is 5. The number of amides is 3. The Balaban J connectivity index is 2.01. The first kappa shape index (κ1) is 17.4. The fourth-order valence-electron chi connectivity index (χ4n) is 2.38. The molecule has 0 bridgehead atoms. The molecule has 0 unspecified atom stereocenters. The average molecular weight is 352 g/mol. The van der Waals surface area contributed by atoms with Gasteiger partial charge in [-0.1, -0.05) is 6.07 Å². The van der Waals surface area contributed by atoms with Crippen molar-refractivity contribution in [3.8, 4) is 0 Å². The summed E-state index contributed by atoms with van der Waals surface area (Å²) in [4.78, 5) is 29.8. The minimum absolute atomic E-state index is 0.119. The molecule has 2 atom stereocenters. The molecule has 2 aromatic rings. The summed E-state index contributed by atoms with van der Waals surface area (Å²) in [5.41, 5.74) is 6.14. The molecule has 8 heteroatoms. The Bertz CT molecular complexity index is 682. The minimum atomic E-state index is -0.641. The number of primary amides is 1. The van der Waals surface area contributed by atoms with Gasteiger partial charge in [-0.2, -0.15) is 0 Å². The molecule has 3 amide bonds. The van der Waals surface area contributed by atoms with Crippen LogP contribution in [-0.4, -0.2) is 16.9 Å². The second kappa shape index (κ2) is 7.56. The van der Waals surface area contributed by atoms with E-state index < -0.39 is 12.1 Å². The van der Waals surface area contributed by atoms with Crippen LogP contribution in [-0.2, 0) is 4.79 Å². The van der Waals surface area contributed by atoms with Crippen LogP contribution in [0.3, 0.4) is 0 Å². The monoisotopic (exact) mass is 352 g/mol. The highest BCUT2D eigenvalue weighted by Crippen LogP contribution is 2.26. The van der Waals surface area contributed by atoms with Crippen molar-refractivity contribution in [1.29, 1.82) is 0 Å². The number of hydrogen-bond donors (Lipinski definition) is 3. The van der Waals surface area contributed by atoms with Crippen molar-refractivity contribution in [2.24, 2.45) is 5.73 Å². The largest absolute Gasteiger partial charge is 0.352 e. The Morgan fingerprint density at radius 1 is 1.35 bits per heavy atom. The van der Waals surface area contributed by atoms with Crippen LogP contribution in [0.5, 0.6) is 0 Å². The number of carbonyl (C=O) groups is 2. The van der Waals surface area contributed by atoms with Crippen molar-refractivity contribution in [2.75, 3.05) is 0 Å². The fourth-order valence-corrected chi connectivity index (χ4v) is 4.09. The van der Waals surface area contributed by atoms with Crippen molar-refractivity contribution in [3.05, 3.63) is 38.0 Å². The Hall–Kier alpha value is -1.93. The van der Waals surface area contributed by atoms with E-state index in [1.165, 1.54) is 11.3 Å². The number of rotatable bonds is 6. The van der Waals surface area contributed by atoms with Crippen molar-refractivity contribution in [1.82, 2.24) is 15.6 Å². The summed E-state index contributed by atoms with van der Waals surface area (Å²) < 4.78 is 0. The summed E-state index contributed by atoms with van der Waals surface area (Å²) in [6.45, 7) is 5.81. The normalized spacial score (nSPS) is 13.3. The van der Waals surface area contributed by atoms with E-state index in [1.807, 2.05) is 38.3 Å². The summed E-state index contributed by atoms with van der Waals surface area (Å²) in [6.07, 6.45) is 0.143. The van der Waals surface area contributed by atoms with Crippen LogP contribution in [0.15, 0.2) is 17.5 Å². The second-order valence-corrected chi connectivity index (χ2v) is 7.47. The zero-order valence-corrected chi connectivity index (χ0v) is 14.9. The molecular weight excluding hydrogens is 332 g/mol. The number of carbonyl (C=O) groups excluding carboxylic acids is 2. The van der Waals surface area contributed by atoms with Gasteiger partial charge in [0.1, 0.15) is 0 Å². The highest BCUT2D eigenvalue weighted by molar-refractivity contribution is 7.11. The lowest BCUT2D eigenvalue weighted by molar-refractivity contribution is -0.122. The van der Waals surface area contributed by atoms with Crippen molar-refractivity contribution < 1.29 is 9.59 Å². The van der Waals surface area contributed by atoms with E-state index in [0.29, 0.717) is 0 Å². The molecule has 0 aliphatic carbocycles. The zero-order valence-electron chi connectivity index (χ0n) is 13.3. The number of nitrogens with one attached hydrogen (secondary N) is 2. The molecule has 2 aromatic heterocycles. The molecule has 0 aliphatic heterocycles. The predicted octanol–water partition coefficient (Wildman–Crippen LogP) is 2.80. The maximum Gasteiger partial charge on any atom is 0.312 e. The van der Waals surface area contributed by atoms with Gasteiger partial charge in [0.05, 0.1) is 29.2 Å². The Morgan fingerprint density at radius 3 is 2.61 bits per heavy atom. The molecule has 0 aromatic carbocycles. The molecule has 6 nitrogen and oxygen atoms in total. The van der Waals surface area contributed by atoms with Gasteiger partial charge in [0.2, 0.25) is 5.91 Å². The van der Waals surface area contributed by atoms with Crippen LogP contribution in [0.25, 0.3) is 0 Å². The topological polar surface area (TPSA) is 97.1 Å². The molecule has 0 saturated carbocycles. The molecule has 0 radical (unpaired) electrons. The molecule has 2 heterocycles. The van der Waals surface area contributed by atoms with Gasteiger partial charge in [0.15, 0.2) is 0 Å². The van der Waals surface area contributed by atoms with Gasteiger partial charge < -0.3 is 16.4 Å². The first-order valence-corrected chi connectivity index (χ1v) is 8.89. The van der Waals surface area contributed by atoms with Gasteiger partial charge in [-0.25, -0.2) is 9.78 Å². The van der Waals surface area contributed by atoms with Gasteiger partial charge in [-0.05, 0) is 32.2 Å². The maximum absolute atomic E-state index is 12.3. The van der Waals surface area contributed by atoms with Gasteiger partial charge in [0, 0.05) is 9.75 Å². The SMILES string of the molecule is Cc1nc(C)c([C@@H](C)NC(=O)C[C@H](NC(N)=O)c2cccs2)s1. The predicted molar refractivity (Wildman–Crippen MR) is 92.5 cm³/mol. The molecular formula is C15H20N4O2S2. The van der Waals surface area contributed by atoms with Gasteiger partial charge >= 0.3 is 6.03 Å². The summed E-state index contributed by atoms with van der Waals surface area (Å²) in [6, 6.07) is 2.58. The zero-order chi connectivity index (χ0) is 17.0. The second-order valence-electron chi connectivity index (χ2n) is 5.25. The molecule has 23 heavy (non-hydrogen) atoms. The van der Waals surface area contributed by atoms with E-state index in [9.17, 15) is 9.59 Å². The third kappa shape index (κ3) is 4.77. The number of thiophene rings is 1. The number of nitrogens with two attached hydrogens (primary N) is 1. The molecule has 2 rings (SSSR count). The number of aryl methyl sites for hydroxylation is 2.